The lowest BCUT2D eigenvalue weighted by atomic mass is 10.2. The van der Waals surface area contributed by atoms with Crippen LogP contribution in [-0.4, -0.2) is 16.7 Å². The SMILES string of the molecule is CC(=O)c1c[nH]c(C(=O)NCc2ccco2)c1. The molecule has 0 radical (unpaired) electrons. The van der Waals surface area contributed by atoms with E-state index in [1.807, 2.05) is 0 Å². The molecule has 2 aromatic rings. The van der Waals surface area contributed by atoms with Crippen LogP contribution in [0.3, 0.4) is 0 Å². The summed E-state index contributed by atoms with van der Waals surface area (Å²) in [7, 11) is 0. The van der Waals surface area contributed by atoms with Crippen LogP contribution in [-0.2, 0) is 6.54 Å². The minimum Gasteiger partial charge on any atom is -0.467 e. The summed E-state index contributed by atoms with van der Waals surface area (Å²) >= 11 is 0. The van der Waals surface area contributed by atoms with Crippen molar-refractivity contribution in [2.24, 2.45) is 0 Å². The molecule has 2 heterocycles. The van der Waals surface area contributed by atoms with Gasteiger partial charge in [-0.2, -0.15) is 0 Å². The Labute approximate surface area is 97.8 Å². The summed E-state index contributed by atoms with van der Waals surface area (Å²) in [6.45, 7) is 1.77. The van der Waals surface area contributed by atoms with E-state index in [2.05, 4.69) is 10.3 Å². The number of ketones is 1. The first-order chi connectivity index (χ1) is 8.16. The molecule has 0 fully saturated rings. The van der Waals surface area contributed by atoms with Crippen molar-refractivity contribution >= 4 is 11.7 Å². The highest BCUT2D eigenvalue weighted by Crippen LogP contribution is 2.05. The first-order valence-electron chi connectivity index (χ1n) is 5.17. The molecule has 0 spiro atoms. The molecular weight excluding hydrogens is 220 g/mol. The van der Waals surface area contributed by atoms with E-state index >= 15 is 0 Å². The van der Waals surface area contributed by atoms with Gasteiger partial charge in [0.2, 0.25) is 0 Å². The van der Waals surface area contributed by atoms with Gasteiger partial charge in [-0.25, -0.2) is 0 Å². The van der Waals surface area contributed by atoms with Gasteiger partial charge in [0.15, 0.2) is 5.78 Å². The second-order valence-electron chi connectivity index (χ2n) is 3.62. The van der Waals surface area contributed by atoms with Crippen LogP contribution in [0.1, 0.15) is 33.5 Å². The largest absolute Gasteiger partial charge is 0.467 e. The van der Waals surface area contributed by atoms with Crippen LogP contribution < -0.4 is 5.32 Å². The first-order valence-corrected chi connectivity index (χ1v) is 5.17. The topological polar surface area (TPSA) is 75.1 Å². The van der Waals surface area contributed by atoms with Gasteiger partial charge in [0.25, 0.3) is 5.91 Å². The molecule has 5 heteroatoms. The maximum absolute atomic E-state index is 11.7. The zero-order chi connectivity index (χ0) is 12.3. The van der Waals surface area contributed by atoms with Gasteiger partial charge in [-0.3, -0.25) is 9.59 Å². The number of carbonyl (C=O) groups excluding carboxylic acids is 2. The molecule has 17 heavy (non-hydrogen) atoms. The highest BCUT2D eigenvalue weighted by molar-refractivity contribution is 5.98. The van der Waals surface area contributed by atoms with Gasteiger partial charge < -0.3 is 14.7 Å². The van der Waals surface area contributed by atoms with Crippen molar-refractivity contribution < 1.29 is 14.0 Å². The molecule has 0 aliphatic carbocycles. The Morgan fingerprint density at radius 2 is 2.29 bits per heavy atom. The Balaban J connectivity index is 1.97. The third-order valence-electron chi connectivity index (χ3n) is 2.34. The van der Waals surface area contributed by atoms with Crippen LogP contribution in [0.25, 0.3) is 0 Å². The van der Waals surface area contributed by atoms with Gasteiger partial charge in [0.1, 0.15) is 11.5 Å². The number of furan rings is 1. The Morgan fingerprint density at radius 1 is 1.47 bits per heavy atom. The highest BCUT2D eigenvalue weighted by Gasteiger charge is 2.10. The third kappa shape index (κ3) is 2.63. The van der Waals surface area contributed by atoms with Gasteiger partial charge in [-0.15, -0.1) is 0 Å². The van der Waals surface area contributed by atoms with Crippen LogP contribution >= 0.6 is 0 Å². The molecule has 88 valence electrons. The summed E-state index contributed by atoms with van der Waals surface area (Å²) in [4.78, 5) is 25.5. The van der Waals surface area contributed by atoms with Crippen molar-refractivity contribution in [2.45, 2.75) is 13.5 Å². The second-order valence-corrected chi connectivity index (χ2v) is 3.62. The highest BCUT2D eigenvalue weighted by atomic mass is 16.3. The number of hydrogen-bond donors (Lipinski definition) is 2. The van der Waals surface area contributed by atoms with E-state index < -0.39 is 0 Å². The van der Waals surface area contributed by atoms with Crippen molar-refractivity contribution in [3.8, 4) is 0 Å². The molecule has 2 N–H and O–H groups in total. The number of aromatic amines is 1. The normalized spacial score (nSPS) is 10.2. The predicted octanol–water partition coefficient (Wildman–Crippen LogP) is 1.74. The maximum Gasteiger partial charge on any atom is 0.268 e. The molecule has 0 unspecified atom stereocenters. The van der Waals surface area contributed by atoms with Crippen molar-refractivity contribution in [1.29, 1.82) is 0 Å². The van der Waals surface area contributed by atoms with Crippen LogP contribution in [0.15, 0.2) is 35.1 Å². The van der Waals surface area contributed by atoms with E-state index in [4.69, 9.17) is 4.42 Å². The van der Waals surface area contributed by atoms with Gasteiger partial charge in [-0.05, 0) is 25.1 Å². The summed E-state index contributed by atoms with van der Waals surface area (Å²) < 4.78 is 5.08. The number of carbonyl (C=O) groups is 2. The summed E-state index contributed by atoms with van der Waals surface area (Å²) in [6.07, 6.45) is 3.06. The summed E-state index contributed by atoms with van der Waals surface area (Å²) in [5, 5.41) is 2.68. The second kappa shape index (κ2) is 4.69. The predicted molar refractivity (Wildman–Crippen MR) is 60.7 cm³/mol. The molecule has 1 amide bonds. The van der Waals surface area contributed by atoms with E-state index in [0.29, 0.717) is 23.6 Å². The van der Waals surface area contributed by atoms with Crippen LogP contribution in [0.5, 0.6) is 0 Å². The van der Waals surface area contributed by atoms with E-state index in [0.717, 1.165) is 0 Å². The Morgan fingerprint density at radius 3 is 2.88 bits per heavy atom. The lowest BCUT2D eigenvalue weighted by Crippen LogP contribution is -2.22. The Hall–Kier alpha value is -2.30. The molecule has 2 aromatic heterocycles. The quantitative estimate of drug-likeness (QED) is 0.788. The maximum atomic E-state index is 11.7. The molecule has 0 aliphatic rings. The molecule has 0 atom stereocenters. The lowest BCUT2D eigenvalue weighted by molar-refractivity contribution is 0.0943. The fourth-order valence-electron chi connectivity index (χ4n) is 1.40. The fourth-order valence-corrected chi connectivity index (χ4v) is 1.40. The summed E-state index contributed by atoms with van der Waals surface area (Å²) in [5.41, 5.74) is 0.856. The molecule has 5 nitrogen and oxygen atoms in total. The minimum absolute atomic E-state index is 0.0775. The summed E-state index contributed by atoms with van der Waals surface area (Å²) in [5.74, 6) is 0.330. The van der Waals surface area contributed by atoms with E-state index in [1.165, 1.54) is 19.2 Å². The smallest absolute Gasteiger partial charge is 0.268 e. The van der Waals surface area contributed by atoms with Crippen LogP contribution in [0.4, 0.5) is 0 Å². The molecule has 0 aliphatic heterocycles. The monoisotopic (exact) mass is 232 g/mol. The van der Waals surface area contributed by atoms with Gasteiger partial charge in [-0.1, -0.05) is 0 Å². The number of amides is 1. The number of rotatable bonds is 4. The zero-order valence-electron chi connectivity index (χ0n) is 9.32. The molecular formula is C12H12N2O3. The van der Waals surface area contributed by atoms with Crippen LogP contribution in [0.2, 0.25) is 0 Å². The molecule has 2 rings (SSSR count). The standard InChI is InChI=1S/C12H12N2O3/c1-8(15)9-5-11(13-6-9)12(16)14-7-10-3-2-4-17-10/h2-6,13H,7H2,1H3,(H,14,16). The van der Waals surface area contributed by atoms with Gasteiger partial charge >= 0.3 is 0 Å². The zero-order valence-corrected chi connectivity index (χ0v) is 9.32. The minimum atomic E-state index is -0.270. The van der Waals surface area contributed by atoms with E-state index in [-0.39, 0.29) is 11.7 Å². The Bertz CT molecular complexity index is 526. The van der Waals surface area contributed by atoms with Crippen LogP contribution in [0, 0.1) is 0 Å². The summed E-state index contributed by atoms with van der Waals surface area (Å²) in [6, 6.07) is 5.06. The van der Waals surface area contributed by atoms with Gasteiger partial charge in [0.05, 0.1) is 12.8 Å². The van der Waals surface area contributed by atoms with Crippen molar-refractivity contribution in [3.63, 3.8) is 0 Å². The number of hydrogen-bond acceptors (Lipinski definition) is 3. The van der Waals surface area contributed by atoms with E-state index in [9.17, 15) is 9.59 Å². The average molecular weight is 232 g/mol. The average Bonchev–Trinajstić information content (AvgIpc) is 2.96. The number of Topliss-reactive ketones (excluding diaryl/α,β-unsaturated/α-hetero) is 1. The van der Waals surface area contributed by atoms with E-state index in [1.54, 1.807) is 18.4 Å². The molecule has 0 saturated heterocycles. The van der Waals surface area contributed by atoms with Crippen molar-refractivity contribution in [1.82, 2.24) is 10.3 Å². The molecule has 0 bridgehead atoms. The Kier molecular flexibility index (Phi) is 3.09. The van der Waals surface area contributed by atoms with Crippen molar-refractivity contribution in [2.75, 3.05) is 0 Å². The first kappa shape index (κ1) is 11.2. The lowest BCUT2D eigenvalue weighted by Gasteiger charge is -2.00. The number of nitrogens with one attached hydrogen (secondary N) is 2. The number of aromatic nitrogens is 1. The number of H-pyrrole nitrogens is 1. The van der Waals surface area contributed by atoms with Crippen molar-refractivity contribution in [3.05, 3.63) is 47.7 Å². The fraction of sp³-hybridized carbons (Fsp3) is 0.167. The van der Waals surface area contributed by atoms with Gasteiger partial charge in [0, 0.05) is 11.8 Å². The molecule has 0 aromatic carbocycles. The third-order valence-corrected chi connectivity index (χ3v) is 2.34. The molecule has 0 saturated carbocycles.